The van der Waals surface area contributed by atoms with E-state index in [1.807, 2.05) is 0 Å². The minimum atomic E-state index is -2.65. The predicted molar refractivity (Wildman–Crippen MR) is 292 cm³/mol. The molecular weight excluding hydrogens is 925 g/mol. The van der Waals surface area contributed by atoms with Crippen molar-refractivity contribution in [2.75, 3.05) is 13.2 Å². The van der Waals surface area contributed by atoms with Crippen LogP contribution in [-0.4, -0.2) is 115 Å². The molecule has 0 aliphatic carbocycles. The average molecular weight is 1020 g/mol. The summed E-state index contributed by atoms with van der Waals surface area (Å²) in [5, 5.41) is 12.6. The zero-order valence-electron chi connectivity index (χ0n) is 47.0. The van der Waals surface area contributed by atoms with Crippen molar-refractivity contribution in [3.05, 3.63) is 60.7 Å². The van der Waals surface area contributed by atoms with Crippen LogP contribution in [0.3, 0.4) is 0 Å². The van der Waals surface area contributed by atoms with Gasteiger partial charge >= 0.3 is 0 Å². The van der Waals surface area contributed by atoms with Crippen molar-refractivity contribution < 1.29 is 42.1 Å². The third-order valence-corrected chi connectivity index (χ3v) is 32.8. The molecule has 0 bridgehead atoms. The Morgan fingerprint density at radius 3 is 1.77 bits per heavy atom. The zero-order valence-corrected chi connectivity index (χ0v) is 50.0. The van der Waals surface area contributed by atoms with Gasteiger partial charge in [0.25, 0.3) is 8.32 Å². The van der Waals surface area contributed by atoms with Gasteiger partial charge in [-0.15, -0.1) is 0 Å². The minimum Gasteiger partial charge on any atom is -0.411 e. The summed E-state index contributed by atoms with van der Waals surface area (Å²) in [6.45, 7) is 40.4. The number of fused-ring (bicyclic) bond motifs is 4. The van der Waals surface area contributed by atoms with Crippen LogP contribution < -0.4 is 10.4 Å². The Hall–Kier alpha value is -1.27. The van der Waals surface area contributed by atoms with Crippen molar-refractivity contribution in [1.29, 1.82) is 0 Å². The highest BCUT2D eigenvalue weighted by Crippen LogP contribution is 2.52. The highest BCUT2D eigenvalue weighted by atomic mass is 28.4. The van der Waals surface area contributed by atoms with Gasteiger partial charge in [0.2, 0.25) is 0 Å². The summed E-state index contributed by atoms with van der Waals surface area (Å²) < 4.78 is 59.4. The lowest BCUT2D eigenvalue weighted by Crippen LogP contribution is -2.66. The number of aliphatic hydroxyl groups excluding tert-OH is 1. The molecule has 5 aliphatic rings. The van der Waals surface area contributed by atoms with Crippen LogP contribution in [0.25, 0.3) is 0 Å². The van der Waals surface area contributed by atoms with E-state index in [1.54, 1.807) is 0 Å². The van der Waals surface area contributed by atoms with Gasteiger partial charge in [-0.2, -0.15) is 0 Å². The Kier molecular flexibility index (Phi) is 17.0. The highest BCUT2D eigenvalue weighted by molar-refractivity contribution is 6.99. The van der Waals surface area contributed by atoms with E-state index in [1.165, 1.54) is 10.4 Å². The lowest BCUT2D eigenvalue weighted by molar-refractivity contribution is -0.272. The molecule has 0 aromatic heterocycles. The van der Waals surface area contributed by atoms with Crippen molar-refractivity contribution >= 4 is 35.3 Å². The molecule has 5 saturated heterocycles. The molecule has 0 amide bonds. The maximum Gasteiger partial charge on any atom is 0.261 e. The van der Waals surface area contributed by atoms with Gasteiger partial charge < -0.3 is 42.1 Å². The van der Waals surface area contributed by atoms with E-state index in [0.717, 1.165) is 57.8 Å². The normalized spacial score (nSPS) is 35.9. The van der Waals surface area contributed by atoms with Crippen LogP contribution in [0, 0.1) is 5.92 Å². The summed E-state index contributed by atoms with van der Waals surface area (Å²) >= 11 is 0. The molecule has 13 atom stereocenters. The summed E-state index contributed by atoms with van der Waals surface area (Å²) in [6, 6.07) is 21.9. The molecule has 7 rings (SSSR count). The second-order valence-corrected chi connectivity index (χ2v) is 41.0. The number of hydrogen-bond acceptors (Lipinski definition) is 9. The van der Waals surface area contributed by atoms with Crippen molar-refractivity contribution in [3.8, 4) is 0 Å². The Labute approximate surface area is 428 Å². The van der Waals surface area contributed by atoms with Crippen LogP contribution >= 0.6 is 0 Å². The Morgan fingerprint density at radius 2 is 1.20 bits per heavy atom. The molecule has 5 aliphatic heterocycles. The molecule has 0 unspecified atom stereocenters. The van der Waals surface area contributed by atoms with Crippen molar-refractivity contribution in [1.82, 2.24) is 0 Å². The second-order valence-electron chi connectivity index (χ2n) is 27.2. The summed E-state index contributed by atoms with van der Waals surface area (Å²) in [4.78, 5) is 0. The molecule has 9 nitrogen and oxygen atoms in total. The van der Waals surface area contributed by atoms with Gasteiger partial charge in [-0.05, 0) is 136 Å². The van der Waals surface area contributed by atoms with E-state index < -0.39 is 41.8 Å². The van der Waals surface area contributed by atoms with Crippen molar-refractivity contribution in [3.63, 3.8) is 0 Å². The lowest BCUT2D eigenvalue weighted by atomic mass is 9.79. The zero-order chi connectivity index (χ0) is 51.3. The van der Waals surface area contributed by atoms with Crippen LogP contribution in [-0.2, 0) is 37.0 Å². The maximum atomic E-state index is 10.0. The second kappa shape index (κ2) is 21.0. The predicted octanol–water partition coefficient (Wildman–Crippen LogP) is 12.3. The molecule has 0 radical (unpaired) electrons. The standard InChI is InChI=1S/C58H98O9Si3/c1-41-38-50-58(13,64-44(41)30-25-37-60-70(55(8,9)10,42-26-20-18-21-27-42)43-28-22-19-23-29-43)40-48(66-68(14,15)53(2,3)4)52-47(63-50)39-51-56(11,65-52)34-32-45-46(62-51)33-35-57(12,49(61-45)31-24-36-59)67-69(16,17)54(5,6)7/h18-23,26-29,41,44-52,59H,24-25,30-40H2,1-17H3/t41-,44-,45-,46+,47+,48-,49+,50-,51-,52+,56+,57-,58+/m0/s1. The van der Waals surface area contributed by atoms with Gasteiger partial charge in [-0.25, -0.2) is 0 Å². The summed E-state index contributed by atoms with van der Waals surface area (Å²) in [5.74, 6) is 0.302. The number of ether oxygens (including phenoxy) is 5. The van der Waals surface area contributed by atoms with Crippen LogP contribution in [0.5, 0.6) is 0 Å². The molecule has 1 N–H and O–H groups in total. The first-order valence-corrected chi connectivity index (χ1v) is 35.3. The fourth-order valence-electron chi connectivity index (χ4n) is 12.4. The Balaban J connectivity index is 1.11. The molecule has 396 valence electrons. The first-order chi connectivity index (χ1) is 32.5. The van der Waals surface area contributed by atoms with Gasteiger partial charge in [0, 0.05) is 26.1 Å². The Bertz CT molecular complexity index is 1960. The summed E-state index contributed by atoms with van der Waals surface area (Å²) in [5.41, 5.74) is -1.58. The highest BCUT2D eigenvalue weighted by Gasteiger charge is 2.61. The van der Waals surface area contributed by atoms with Crippen molar-refractivity contribution in [2.24, 2.45) is 5.92 Å². The molecule has 0 saturated carbocycles. The largest absolute Gasteiger partial charge is 0.411 e. The molecule has 70 heavy (non-hydrogen) atoms. The molecule has 5 fully saturated rings. The first kappa shape index (κ1) is 56.5. The maximum absolute atomic E-state index is 10.0. The SMILES string of the molecule is C[C@H]1C[C@@H]2O[C@@H]3C[C@@H]4O[C@@H]5CC[C@](C)(O[Si](C)(C)C(C)(C)C)[C@@H](CCCO)O[C@H]5CC[C@@]4(C)O[C@H]3[C@@H](O[Si](C)(C)C(C)(C)C)C[C@@]2(C)O[C@H]1CCCO[Si](c1ccccc1)(c1ccccc1)C(C)(C)C. The quantitative estimate of drug-likeness (QED) is 0.147. The van der Waals surface area contributed by atoms with Crippen LogP contribution in [0.2, 0.25) is 41.3 Å². The number of aliphatic hydroxyl groups is 1. The van der Waals surface area contributed by atoms with Gasteiger partial charge in [-0.3, -0.25) is 0 Å². The lowest BCUT2D eigenvalue weighted by Gasteiger charge is -2.50. The third kappa shape index (κ3) is 11.6. The smallest absolute Gasteiger partial charge is 0.261 e. The van der Waals surface area contributed by atoms with Crippen molar-refractivity contribution in [2.45, 2.75) is 274 Å². The van der Waals surface area contributed by atoms with E-state index in [9.17, 15) is 5.11 Å². The first-order valence-electron chi connectivity index (χ1n) is 27.5. The molecule has 2 aromatic carbocycles. The van der Waals surface area contributed by atoms with E-state index in [2.05, 4.69) is 177 Å². The molecule has 2 aromatic rings. The van der Waals surface area contributed by atoms with Gasteiger partial charge in [-0.1, -0.05) is 130 Å². The van der Waals surface area contributed by atoms with Crippen LogP contribution in [0.4, 0.5) is 0 Å². The van der Waals surface area contributed by atoms with Crippen LogP contribution in [0.1, 0.15) is 161 Å². The number of hydrogen-bond donors (Lipinski definition) is 1. The van der Waals surface area contributed by atoms with E-state index in [0.29, 0.717) is 25.4 Å². The molecule has 12 heteroatoms. The molecule has 5 heterocycles. The summed E-state index contributed by atoms with van der Waals surface area (Å²) in [7, 11) is -7.07. The van der Waals surface area contributed by atoms with Crippen LogP contribution in [0.15, 0.2) is 60.7 Å². The number of benzene rings is 2. The van der Waals surface area contributed by atoms with Gasteiger partial charge in [0.1, 0.15) is 6.10 Å². The number of rotatable bonds is 14. The van der Waals surface area contributed by atoms with E-state index in [4.69, 9.17) is 37.0 Å². The average Bonchev–Trinajstić information content (AvgIpc) is 3.53. The van der Waals surface area contributed by atoms with E-state index >= 15 is 0 Å². The minimum absolute atomic E-state index is 0.0129. The Morgan fingerprint density at radius 1 is 0.643 bits per heavy atom. The van der Waals surface area contributed by atoms with Gasteiger partial charge in [0.05, 0.1) is 65.6 Å². The fraction of sp³-hybridized carbons (Fsp3) is 0.793. The molecule has 0 spiro atoms. The fourth-order valence-corrected chi connectivity index (χ4v) is 20.0. The topological polar surface area (TPSA) is 94.1 Å². The summed E-state index contributed by atoms with van der Waals surface area (Å²) in [6.07, 6.45) is 7.74. The monoisotopic (exact) mass is 1020 g/mol. The molecular formula is C58H98O9Si3. The third-order valence-electron chi connectivity index (χ3n) is 18.7. The van der Waals surface area contributed by atoms with E-state index in [-0.39, 0.29) is 76.7 Å². The van der Waals surface area contributed by atoms with Gasteiger partial charge in [0.15, 0.2) is 16.6 Å².